The Hall–Kier alpha value is -1.21. The summed E-state index contributed by atoms with van der Waals surface area (Å²) in [5.74, 6) is 0. The fourth-order valence-electron chi connectivity index (χ4n) is 0.656. The van der Waals surface area contributed by atoms with Crippen LogP contribution in [-0.4, -0.2) is 0 Å². The molecule has 0 unspecified atom stereocenters. The van der Waals surface area contributed by atoms with Crippen molar-refractivity contribution >= 4 is 11.8 Å². The van der Waals surface area contributed by atoms with E-state index in [2.05, 4.69) is 26.3 Å². The first-order valence-electron chi connectivity index (χ1n) is 3.86. The highest BCUT2D eigenvalue weighted by atomic mass is 32.2. The molecule has 0 amide bonds. The number of thioether (sulfide) groups is 1. The SMILES string of the molecule is C=C/C=C(\C=C)S/C(C=C)=C/C=C. The fraction of sp³-hybridized carbons (Fsp3) is 0. The lowest BCUT2D eigenvalue weighted by Crippen LogP contribution is -1.71. The smallest absolute Gasteiger partial charge is 0.0116 e. The molecule has 0 nitrogen and oxygen atoms in total. The molecule has 0 bridgehead atoms. The van der Waals surface area contributed by atoms with Crippen molar-refractivity contribution in [2.75, 3.05) is 0 Å². The van der Waals surface area contributed by atoms with Crippen LogP contribution < -0.4 is 0 Å². The standard InChI is InChI=1S/C12H14S/c1-5-9-11(7-3)13-12(8-4)10-6-2/h5-10H,1-4H2/b11-9+,12-10+. The molecule has 0 aliphatic heterocycles. The molecular weight excluding hydrogens is 176 g/mol. The van der Waals surface area contributed by atoms with E-state index in [1.807, 2.05) is 12.2 Å². The second kappa shape index (κ2) is 7.44. The second-order valence-corrected chi connectivity index (χ2v) is 3.27. The predicted octanol–water partition coefficient (Wildman–Crippen LogP) is 4.23. The van der Waals surface area contributed by atoms with Gasteiger partial charge in [-0.3, -0.25) is 0 Å². The van der Waals surface area contributed by atoms with Crippen molar-refractivity contribution in [3.8, 4) is 0 Å². The molecule has 0 radical (unpaired) electrons. The van der Waals surface area contributed by atoms with Crippen LogP contribution in [0.2, 0.25) is 0 Å². The van der Waals surface area contributed by atoms with Crippen molar-refractivity contribution in [2.24, 2.45) is 0 Å². The van der Waals surface area contributed by atoms with E-state index in [4.69, 9.17) is 0 Å². The Morgan fingerprint density at radius 2 is 1.15 bits per heavy atom. The van der Waals surface area contributed by atoms with Gasteiger partial charge in [0.1, 0.15) is 0 Å². The predicted molar refractivity (Wildman–Crippen MR) is 64.5 cm³/mol. The van der Waals surface area contributed by atoms with Gasteiger partial charge >= 0.3 is 0 Å². The molecule has 0 heterocycles. The number of allylic oxidation sites excluding steroid dienone is 6. The van der Waals surface area contributed by atoms with Crippen LogP contribution in [0.1, 0.15) is 0 Å². The lowest BCUT2D eigenvalue weighted by atomic mass is 10.5. The van der Waals surface area contributed by atoms with Gasteiger partial charge in [0.2, 0.25) is 0 Å². The van der Waals surface area contributed by atoms with E-state index in [1.165, 1.54) is 0 Å². The van der Waals surface area contributed by atoms with Crippen LogP contribution in [-0.2, 0) is 0 Å². The van der Waals surface area contributed by atoms with E-state index in [0.29, 0.717) is 0 Å². The van der Waals surface area contributed by atoms with Crippen molar-refractivity contribution < 1.29 is 0 Å². The molecule has 0 aromatic rings. The molecule has 0 saturated carbocycles. The van der Waals surface area contributed by atoms with Crippen molar-refractivity contribution in [3.63, 3.8) is 0 Å². The molecule has 0 saturated heterocycles. The average Bonchev–Trinajstić information content (AvgIpc) is 2.16. The van der Waals surface area contributed by atoms with Gasteiger partial charge in [0.05, 0.1) is 0 Å². The Balaban J connectivity index is 4.54. The first kappa shape index (κ1) is 11.8. The summed E-state index contributed by atoms with van der Waals surface area (Å²) >= 11 is 1.58. The topological polar surface area (TPSA) is 0 Å². The van der Waals surface area contributed by atoms with E-state index in [-0.39, 0.29) is 0 Å². The Bertz CT molecular complexity index is 239. The maximum atomic E-state index is 3.70. The molecule has 0 fully saturated rings. The monoisotopic (exact) mass is 190 g/mol. The summed E-state index contributed by atoms with van der Waals surface area (Å²) in [5.41, 5.74) is 0. The third kappa shape index (κ3) is 5.10. The van der Waals surface area contributed by atoms with Crippen LogP contribution in [0, 0.1) is 0 Å². The van der Waals surface area contributed by atoms with E-state index >= 15 is 0 Å². The van der Waals surface area contributed by atoms with Crippen LogP contribution in [0.5, 0.6) is 0 Å². The summed E-state index contributed by atoms with van der Waals surface area (Å²) in [7, 11) is 0. The minimum Gasteiger partial charge on any atom is -0.0990 e. The normalized spacial score (nSPS) is 12.0. The van der Waals surface area contributed by atoms with Gasteiger partial charge in [-0.2, -0.15) is 0 Å². The van der Waals surface area contributed by atoms with Crippen LogP contribution in [0.15, 0.2) is 72.6 Å². The average molecular weight is 190 g/mol. The highest BCUT2D eigenvalue weighted by molar-refractivity contribution is 8.07. The highest BCUT2D eigenvalue weighted by Gasteiger charge is 1.94. The molecular formula is C12H14S. The third-order valence-electron chi connectivity index (χ3n) is 1.20. The zero-order valence-electron chi connectivity index (χ0n) is 7.70. The lowest BCUT2D eigenvalue weighted by molar-refractivity contribution is 1.87. The van der Waals surface area contributed by atoms with Crippen molar-refractivity contribution in [1.29, 1.82) is 0 Å². The van der Waals surface area contributed by atoms with Gasteiger partial charge < -0.3 is 0 Å². The van der Waals surface area contributed by atoms with Gasteiger partial charge in [-0.15, -0.1) is 0 Å². The Morgan fingerprint density at radius 1 is 0.769 bits per heavy atom. The zero-order chi connectivity index (χ0) is 10.1. The van der Waals surface area contributed by atoms with Crippen LogP contribution in [0.25, 0.3) is 0 Å². The summed E-state index contributed by atoms with van der Waals surface area (Å²) in [6.45, 7) is 14.7. The molecule has 0 spiro atoms. The minimum absolute atomic E-state index is 1.04. The molecule has 0 aromatic carbocycles. The summed E-state index contributed by atoms with van der Waals surface area (Å²) < 4.78 is 0. The van der Waals surface area contributed by atoms with Gasteiger partial charge in [-0.1, -0.05) is 62.4 Å². The van der Waals surface area contributed by atoms with E-state index in [9.17, 15) is 0 Å². The first-order valence-corrected chi connectivity index (χ1v) is 4.68. The van der Waals surface area contributed by atoms with Crippen molar-refractivity contribution in [2.45, 2.75) is 0 Å². The molecule has 13 heavy (non-hydrogen) atoms. The van der Waals surface area contributed by atoms with Gasteiger partial charge in [0, 0.05) is 9.81 Å². The summed E-state index contributed by atoms with van der Waals surface area (Å²) in [6, 6.07) is 0. The molecule has 0 aromatic heterocycles. The van der Waals surface area contributed by atoms with Crippen LogP contribution in [0.3, 0.4) is 0 Å². The Kier molecular flexibility index (Phi) is 6.75. The number of rotatable bonds is 6. The van der Waals surface area contributed by atoms with Gasteiger partial charge in [0.25, 0.3) is 0 Å². The van der Waals surface area contributed by atoms with E-state index < -0.39 is 0 Å². The molecule has 1 heteroatoms. The Labute approximate surface area is 84.7 Å². The second-order valence-electron chi connectivity index (χ2n) is 2.12. The number of hydrogen-bond acceptors (Lipinski definition) is 1. The highest BCUT2D eigenvalue weighted by Crippen LogP contribution is 2.26. The van der Waals surface area contributed by atoms with Crippen LogP contribution >= 0.6 is 11.8 Å². The zero-order valence-corrected chi connectivity index (χ0v) is 8.52. The number of hydrogen-bond donors (Lipinski definition) is 0. The first-order chi connectivity index (χ1) is 6.28. The molecule has 0 aliphatic carbocycles. The minimum atomic E-state index is 1.04. The summed E-state index contributed by atoms with van der Waals surface area (Å²) in [6.07, 6.45) is 10.8. The molecule has 68 valence electrons. The molecule has 0 N–H and O–H groups in total. The largest absolute Gasteiger partial charge is 0.0990 e. The molecule has 0 rings (SSSR count). The van der Waals surface area contributed by atoms with E-state index in [0.717, 1.165) is 9.81 Å². The maximum absolute atomic E-state index is 3.70. The summed E-state index contributed by atoms with van der Waals surface area (Å²) in [4.78, 5) is 2.09. The van der Waals surface area contributed by atoms with Gasteiger partial charge in [0.15, 0.2) is 0 Å². The van der Waals surface area contributed by atoms with Crippen LogP contribution in [0.4, 0.5) is 0 Å². The molecule has 0 atom stereocenters. The van der Waals surface area contributed by atoms with Gasteiger partial charge in [-0.05, 0) is 12.2 Å². The van der Waals surface area contributed by atoms with Gasteiger partial charge in [-0.25, -0.2) is 0 Å². The van der Waals surface area contributed by atoms with Crippen molar-refractivity contribution in [3.05, 3.63) is 72.6 Å². The third-order valence-corrected chi connectivity index (χ3v) is 2.28. The summed E-state index contributed by atoms with van der Waals surface area (Å²) in [5, 5.41) is 0. The Morgan fingerprint density at radius 3 is 1.38 bits per heavy atom. The van der Waals surface area contributed by atoms with Crippen molar-refractivity contribution in [1.82, 2.24) is 0 Å². The fourth-order valence-corrected chi connectivity index (χ4v) is 1.42. The maximum Gasteiger partial charge on any atom is 0.0116 e. The quantitative estimate of drug-likeness (QED) is 0.565. The molecule has 0 aliphatic rings. The lowest BCUT2D eigenvalue weighted by Gasteiger charge is -2.00. The van der Waals surface area contributed by atoms with E-state index in [1.54, 1.807) is 36.1 Å².